The van der Waals surface area contributed by atoms with Crippen molar-refractivity contribution in [2.75, 3.05) is 11.9 Å². The highest BCUT2D eigenvalue weighted by molar-refractivity contribution is 6.15. The quantitative estimate of drug-likeness (QED) is 0.568. The molecule has 5 rings (SSSR count). The number of nitrogens with two attached hydrogens (primary N) is 1. The van der Waals surface area contributed by atoms with Crippen molar-refractivity contribution in [1.29, 1.82) is 0 Å². The lowest BCUT2D eigenvalue weighted by Gasteiger charge is -2.29. The molecule has 2 aromatic carbocycles. The Morgan fingerprint density at radius 3 is 2.58 bits per heavy atom. The van der Waals surface area contributed by atoms with Gasteiger partial charge in [0.2, 0.25) is 23.6 Å². The summed E-state index contributed by atoms with van der Waals surface area (Å²) >= 11 is 0. The summed E-state index contributed by atoms with van der Waals surface area (Å²) in [5, 5.41) is 5.88. The number of amides is 4. The number of anilines is 1. The van der Waals surface area contributed by atoms with Crippen LogP contribution in [-0.2, 0) is 31.1 Å². The Morgan fingerprint density at radius 2 is 1.85 bits per heavy atom. The second-order valence-corrected chi connectivity index (χ2v) is 8.78. The van der Waals surface area contributed by atoms with Crippen molar-refractivity contribution < 1.29 is 23.6 Å². The van der Waals surface area contributed by atoms with E-state index in [0.29, 0.717) is 17.7 Å². The van der Waals surface area contributed by atoms with Crippen LogP contribution >= 0.6 is 0 Å². The molecule has 4 atom stereocenters. The molecule has 2 fully saturated rings. The number of rotatable bonds is 6. The molecule has 2 unspecified atom stereocenters. The highest BCUT2D eigenvalue weighted by Gasteiger charge is 2.70. The van der Waals surface area contributed by atoms with Crippen molar-refractivity contribution in [2.45, 2.75) is 30.8 Å². The maximum Gasteiger partial charge on any atom is 0.250 e. The van der Waals surface area contributed by atoms with Gasteiger partial charge in [-0.05, 0) is 36.6 Å². The van der Waals surface area contributed by atoms with E-state index in [4.69, 9.17) is 5.73 Å². The van der Waals surface area contributed by atoms with Gasteiger partial charge in [0.15, 0.2) is 0 Å². The zero-order valence-electron chi connectivity index (χ0n) is 17.7. The van der Waals surface area contributed by atoms with Crippen LogP contribution in [0, 0.1) is 17.7 Å². The van der Waals surface area contributed by atoms with Gasteiger partial charge in [0.05, 0.1) is 11.8 Å². The highest BCUT2D eigenvalue weighted by Crippen LogP contribution is 2.53. The van der Waals surface area contributed by atoms with Crippen molar-refractivity contribution in [3.8, 4) is 0 Å². The normalized spacial score (nSPS) is 27.7. The third-order valence-corrected chi connectivity index (χ3v) is 6.94. The van der Waals surface area contributed by atoms with E-state index >= 15 is 0 Å². The number of fused-ring (bicyclic) bond motifs is 4. The maximum atomic E-state index is 14.2. The van der Waals surface area contributed by atoms with Gasteiger partial charge >= 0.3 is 0 Å². The Bertz CT molecular complexity index is 1170. The fraction of sp³-hybridized carbons (Fsp3) is 0.333. The SMILES string of the molecule is NC(=O)CCC1NC2(C(=O)Nc3ccc(F)cc32)[C@@H]2C(=O)N(CCc3ccccc3)C(=O)[C@H]12. The van der Waals surface area contributed by atoms with Crippen LogP contribution in [0.5, 0.6) is 0 Å². The summed E-state index contributed by atoms with van der Waals surface area (Å²) in [5.74, 6) is -4.37. The predicted octanol–water partition coefficient (Wildman–Crippen LogP) is 1.05. The molecule has 3 aliphatic rings. The highest BCUT2D eigenvalue weighted by atomic mass is 19.1. The first-order valence-electron chi connectivity index (χ1n) is 10.9. The number of hydrogen-bond acceptors (Lipinski definition) is 5. The molecule has 0 aromatic heterocycles. The van der Waals surface area contributed by atoms with E-state index in [9.17, 15) is 23.6 Å². The van der Waals surface area contributed by atoms with Gasteiger partial charge in [-0.25, -0.2) is 4.39 Å². The predicted molar refractivity (Wildman–Crippen MR) is 116 cm³/mol. The number of hydrogen-bond donors (Lipinski definition) is 3. The lowest BCUT2D eigenvalue weighted by molar-refractivity contribution is -0.142. The third kappa shape index (κ3) is 3.22. The molecule has 0 saturated carbocycles. The molecule has 0 aliphatic carbocycles. The van der Waals surface area contributed by atoms with Crippen LogP contribution in [0.15, 0.2) is 48.5 Å². The van der Waals surface area contributed by atoms with Crippen molar-refractivity contribution in [3.05, 3.63) is 65.5 Å². The number of imide groups is 1. The van der Waals surface area contributed by atoms with Crippen LogP contribution in [-0.4, -0.2) is 41.1 Å². The minimum atomic E-state index is -1.58. The largest absolute Gasteiger partial charge is 0.370 e. The van der Waals surface area contributed by atoms with Crippen LogP contribution < -0.4 is 16.4 Å². The first-order chi connectivity index (χ1) is 15.8. The summed E-state index contributed by atoms with van der Waals surface area (Å²) in [6.45, 7) is 0.172. The molecule has 0 bridgehead atoms. The van der Waals surface area contributed by atoms with E-state index in [1.54, 1.807) is 0 Å². The Kier molecular flexibility index (Phi) is 5.01. The number of nitrogens with zero attached hydrogens (tertiary/aromatic N) is 1. The molecule has 1 spiro atoms. The minimum Gasteiger partial charge on any atom is -0.370 e. The van der Waals surface area contributed by atoms with Gasteiger partial charge in [-0.1, -0.05) is 30.3 Å². The standard InChI is InChI=1S/C24H23FN4O4/c25-14-6-7-16-15(12-14)24(23(33)27-16)20-19(17(28-24)8-9-18(26)30)21(31)29(22(20)32)11-10-13-4-2-1-3-5-13/h1-7,12,17,19-20,28H,8-11H2,(H2,26,30)(H,27,33)/t17?,19-,20+,24?/m1/s1. The number of primary amides is 1. The second kappa shape index (κ2) is 7.77. The Labute approximate surface area is 189 Å². The second-order valence-electron chi connectivity index (χ2n) is 8.78. The molecule has 2 saturated heterocycles. The lowest BCUT2D eigenvalue weighted by atomic mass is 9.76. The van der Waals surface area contributed by atoms with E-state index in [2.05, 4.69) is 10.6 Å². The molecule has 8 nitrogen and oxygen atoms in total. The van der Waals surface area contributed by atoms with E-state index < -0.39 is 52.9 Å². The Balaban J connectivity index is 1.53. The van der Waals surface area contributed by atoms with Crippen LogP contribution in [0.4, 0.5) is 10.1 Å². The van der Waals surface area contributed by atoms with E-state index in [1.165, 1.54) is 23.1 Å². The Morgan fingerprint density at radius 1 is 1.09 bits per heavy atom. The molecule has 33 heavy (non-hydrogen) atoms. The summed E-state index contributed by atoms with van der Waals surface area (Å²) < 4.78 is 14.2. The van der Waals surface area contributed by atoms with Gasteiger partial charge < -0.3 is 11.1 Å². The summed E-state index contributed by atoms with van der Waals surface area (Å²) in [4.78, 5) is 52.9. The average Bonchev–Trinajstić information content (AvgIpc) is 3.37. The molecule has 3 heterocycles. The number of halogens is 1. The fourth-order valence-corrected chi connectivity index (χ4v) is 5.49. The van der Waals surface area contributed by atoms with E-state index in [1.807, 2.05) is 30.3 Å². The molecule has 2 aromatic rings. The van der Waals surface area contributed by atoms with Gasteiger partial charge in [0.1, 0.15) is 11.4 Å². The maximum absolute atomic E-state index is 14.2. The van der Waals surface area contributed by atoms with Gasteiger partial charge in [0, 0.05) is 30.3 Å². The van der Waals surface area contributed by atoms with Gasteiger partial charge in [0.25, 0.3) is 0 Å². The van der Waals surface area contributed by atoms with Crippen LogP contribution in [0.25, 0.3) is 0 Å². The Hall–Kier alpha value is -3.59. The first kappa shape index (κ1) is 21.3. The smallest absolute Gasteiger partial charge is 0.250 e. The summed E-state index contributed by atoms with van der Waals surface area (Å²) in [7, 11) is 0. The molecule has 170 valence electrons. The average molecular weight is 450 g/mol. The van der Waals surface area contributed by atoms with Gasteiger partial charge in [-0.15, -0.1) is 0 Å². The lowest BCUT2D eigenvalue weighted by Crippen LogP contribution is -2.53. The zero-order valence-corrected chi connectivity index (χ0v) is 17.7. The van der Waals surface area contributed by atoms with Crippen molar-refractivity contribution >= 4 is 29.3 Å². The van der Waals surface area contributed by atoms with E-state index in [0.717, 1.165) is 5.56 Å². The molecule has 9 heteroatoms. The summed E-state index contributed by atoms with van der Waals surface area (Å²) in [6, 6.07) is 12.7. The van der Waals surface area contributed by atoms with Crippen LogP contribution in [0.3, 0.4) is 0 Å². The molecular formula is C24H23FN4O4. The van der Waals surface area contributed by atoms with Crippen molar-refractivity contribution in [2.24, 2.45) is 17.6 Å². The summed E-state index contributed by atoms with van der Waals surface area (Å²) in [5.41, 5.74) is 5.40. The number of likely N-dealkylation sites (tertiary alicyclic amines) is 1. The van der Waals surface area contributed by atoms with Crippen LogP contribution in [0.1, 0.15) is 24.0 Å². The minimum absolute atomic E-state index is 0.0138. The number of carbonyl (C=O) groups is 4. The topological polar surface area (TPSA) is 122 Å². The van der Waals surface area contributed by atoms with E-state index in [-0.39, 0.29) is 19.4 Å². The molecule has 4 N–H and O–H groups in total. The van der Waals surface area contributed by atoms with Crippen molar-refractivity contribution in [1.82, 2.24) is 10.2 Å². The first-order valence-corrected chi connectivity index (χ1v) is 10.9. The number of benzene rings is 2. The molecule has 4 amide bonds. The fourth-order valence-electron chi connectivity index (χ4n) is 5.49. The van der Waals surface area contributed by atoms with Gasteiger partial charge in [-0.2, -0.15) is 0 Å². The van der Waals surface area contributed by atoms with Crippen molar-refractivity contribution in [3.63, 3.8) is 0 Å². The summed E-state index contributed by atoms with van der Waals surface area (Å²) in [6.07, 6.45) is 0.642. The van der Waals surface area contributed by atoms with Gasteiger partial charge in [-0.3, -0.25) is 29.4 Å². The molecule has 3 aliphatic heterocycles. The number of carbonyl (C=O) groups excluding carboxylic acids is 4. The monoisotopic (exact) mass is 450 g/mol. The third-order valence-electron chi connectivity index (χ3n) is 6.94. The zero-order chi connectivity index (χ0) is 23.3. The molecule has 0 radical (unpaired) electrons. The molecular weight excluding hydrogens is 427 g/mol. The van der Waals surface area contributed by atoms with Crippen LogP contribution in [0.2, 0.25) is 0 Å². The number of nitrogens with one attached hydrogen (secondary N) is 2.